The van der Waals surface area contributed by atoms with Crippen molar-refractivity contribution in [2.24, 2.45) is 11.7 Å². The average Bonchev–Trinajstić information content (AvgIpc) is 3.24. The predicted octanol–water partition coefficient (Wildman–Crippen LogP) is 5.19. The van der Waals surface area contributed by atoms with E-state index >= 15 is 0 Å². The summed E-state index contributed by atoms with van der Waals surface area (Å²) in [7, 11) is 0. The second kappa shape index (κ2) is 9.92. The summed E-state index contributed by atoms with van der Waals surface area (Å²) in [5, 5.41) is 18.5. The molecule has 4 N–H and O–H groups in total. The highest BCUT2D eigenvalue weighted by molar-refractivity contribution is 5.66. The number of hydrogen-bond donors (Lipinski definition) is 3. The number of aromatic nitrogens is 4. The minimum atomic E-state index is -0.930. The number of rotatable bonds is 6. The number of nitrogens with one attached hydrogen (secondary N) is 1. The highest BCUT2D eigenvalue weighted by atomic mass is 19.1. The number of nitrogens with two attached hydrogens (primary N) is 1. The molecule has 1 aliphatic carbocycles. The molecule has 3 aromatic heterocycles. The molecule has 5 rings (SSSR count). The number of hydrogen-bond acceptors (Lipinski definition) is 7. The SMILES string of the molecule is CC(C)Oc1cc(F)c(-c2ccc3cnc(Nc4cnccc4[C@H]4CC(N)[C@](C)(O)[C@@H](C)C4)n3n2)c(F)c1. The van der Waals surface area contributed by atoms with E-state index in [0.717, 1.165) is 29.8 Å². The van der Waals surface area contributed by atoms with Gasteiger partial charge in [-0.25, -0.2) is 13.8 Å². The summed E-state index contributed by atoms with van der Waals surface area (Å²) in [4.78, 5) is 8.72. The van der Waals surface area contributed by atoms with Gasteiger partial charge in [0.2, 0.25) is 5.95 Å². The van der Waals surface area contributed by atoms with E-state index in [0.29, 0.717) is 17.9 Å². The number of fused-ring (bicyclic) bond motifs is 1. The van der Waals surface area contributed by atoms with Gasteiger partial charge in [0.15, 0.2) is 0 Å². The van der Waals surface area contributed by atoms with Crippen molar-refractivity contribution in [2.45, 2.75) is 64.2 Å². The second-order valence-electron chi connectivity index (χ2n) is 10.6. The summed E-state index contributed by atoms with van der Waals surface area (Å²) >= 11 is 0. The molecule has 200 valence electrons. The van der Waals surface area contributed by atoms with Gasteiger partial charge in [-0.15, -0.1) is 0 Å². The maximum Gasteiger partial charge on any atom is 0.229 e. The van der Waals surface area contributed by atoms with E-state index in [4.69, 9.17) is 10.5 Å². The Kier molecular flexibility index (Phi) is 6.79. The molecule has 10 heteroatoms. The Morgan fingerprint density at radius 1 is 1.16 bits per heavy atom. The molecule has 1 fully saturated rings. The summed E-state index contributed by atoms with van der Waals surface area (Å²) in [5.74, 6) is -0.930. The van der Waals surface area contributed by atoms with Gasteiger partial charge in [-0.05, 0) is 69.2 Å². The van der Waals surface area contributed by atoms with E-state index in [2.05, 4.69) is 20.4 Å². The largest absolute Gasteiger partial charge is 0.491 e. The van der Waals surface area contributed by atoms with Gasteiger partial charge in [0.05, 0.1) is 46.6 Å². The van der Waals surface area contributed by atoms with Crippen molar-refractivity contribution < 1.29 is 18.6 Å². The van der Waals surface area contributed by atoms with Gasteiger partial charge in [-0.1, -0.05) is 6.92 Å². The first-order chi connectivity index (χ1) is 18.0. The van der Waals surface area contributed by atoms with E-state index in [9.17, 15) is 13.9 Å². The zero-order chi connectivity index (χ0) is 27.2. The van der Waals surface area contributed by atoms with Crippen LogP contribution in [0.15, 0.2) is 48.9 Å². The first-order valence-corrected chi connectivity index (χ1v) is 12.7. The van der Waals surface area contributed by atoms with Crippen LogP contribution in [0.1, 0.15) is 52.0 Å². The highest BCUT2D eigenvalue weighted by Gasteiger charge is 2.42. The van der Waals surface area contributed by atoms with Crippen LogP contribution in [0.3, 0.4) is 0 Å². The number of anilines is 2. The van der Waals surface area contributed by atoms with E-state index in [1.165, 1.54) is 4.52 Å². The molecule has 1 saturated carbocycles. The van der Waals surface area contributed by atoms with Crippen LogP contribution in [0.4, 0.5) is 20.4 Å². The van der Waals surface area contributed by atoms with Crippen molar-refractivity contribution in [3.8, 4) is 17.0 Å². The van der Waals surface area contributed by atoms with Crippen LogP contribution in [-0.4, -0.2) is 42.4 Å². The lowest BCUT2D eigenvalue weighted by Gasteiger charge is -2.44. The highest BCUT2D eigenvalue weighted by Crippen LogP contribution is 2.43. The number of imidazole rings is 1. The first-order valence-electron chi connectivity index (χ1n) is 12.7. The van der Waals surface area contributed by atoms with E-state index in [-0.39, 0.29) is 41.0 Å². The maximum absolute atomic E-state index is 15.0. The third-order valence-electron chi connectivity index (χ3n) is 7.49. The Balaban J connectivity index is 1.48. The summed E-state index contributed by atoms with van der Waals surface area (Å²) in [6.07, 6.45) is 6.22. The van der Waals surface area contributed by atoms with Crippen LogP contribution < -0.4 is 15.8 Å². The van der Waals surface area contributed by atoms with Crippen molar-refractivity contribution in [1.29, 1.82) is 0 Å². The number of ether oxygens (including phenoxy) is 1. The summed E-state index contributed by atoms with van der Waals surface area (Å²) in [6.45, 7) is 7.37. The van der Waals surface area contributed by atoms with Crippen molar-refractivity contribution in [3.63, 3.8) is 0 Å². The van der Waals surface area contributed by atoms with Gasteiger partial charge in [0.25, 0.3) is 0 Å². The maximum atomic E-state index is 15.0. The van der Waals surface area contributed by atoms with Gasteiger partial charge in [0.1, 0.15) is 17.4 Å². The van der Waals surface area contributed by atoms with E-state index in [1.807, 2.05) is 13.0 Å². The Bertz CT molecular complexity index is 1430. The lowest BCUT2D eigenvalue weighted by molar-refractivity contribution is -0.0463. The molecule has 1 aromatic carbocycles. The number of benzene rings is 1. The zero-order valence-electron chi connectivity index (χ0n) is 21.8. The third kappa shape index (κ3) is 4.81. The molecule has 0 bridgehead atoms. The lowest BCUT2D eigenvalue weighted by Crippen LogP contribution is -2.54. The summed E-state index contributed by atoms with van der Waals surface area (Å²) in [5.41, 5.74) is 7.65. The predicted molar refractivity (Wildman–Crippen MR) is 141 cm³/mol. The monoisotopic (exact) mass is 522 g/mol. The molecular weight excluding hydrogens is 490 g/mol. The molecule has 38 heavy (non-hydrogen) atoms. The van der Waals surface area contributed by atoms with Gasteiger partial charge in [-0.2, -0.15) is 9.61 Å². The quantitative estimate of drug-likeness (QED) is 0.320. The fourth-order valence-electron chi connectivity index (χ4n) is 5.15. The van der Waals surface area contributed by atoms with Crippen molar-refractivity contribution in [3.05, 3.63) is 66.1 Å². The fourth-order valence-corrected chi connectivity index (χ4v) is 5.15. The molecule has 0 spiro atoms. The van der Waals surface area contributed by atoms with Gasteiger partial charge < -0.3 is 20.9 Å². The van der Waals surface area contributed by atoms with Crippen LogP contribution in [0.25, 0.3) is 16.8 Å². The lowest BCUT2D eigenvalue weighted by atomic mass is 9.68. The number of halogens is 2. The van der Waals surface area contributed by atoms with Crippen LogP contribution in [0.2, 0.25) is 0 Å². The number of nitrogens with zero attached hydrogens (tertiary/aromatic N) is 4. The molecule has 0 radical (unpaired) electrons. The number of aliphatic hydroxyl groups is 1. The summed E-state index contributed by atoms with van der Waals surface area (Å²) in [6, 6.07) is 7.14. The van der Waals surface area contributed by atoms with Gasteiger partial charge in [0, 0.05) is 24.4 Å². The molecule has 0 amide bonds. The molecule has 1 aliphatic rings. The summed E-state index contributed by atoms with van der Waals surface area (Å²) < 4.78 is 36.9. The van der Waals surface area contributed by atoms with Gasteiger partial charge >= 0.3 is 0 Å². The van der Waals surface area contributed by atoms with Gasteiger partial charge in [-0.3, -0.25) is 4.98 Å². The second-order valence-corrected chi connectivity index (χ2v) is 10.6. The molecule has 3 heterocycles. The smallest absolute Gasteiger partial charge is 0.229 e. The standard InChI is InChI=1S/C28H32F2N6O2/c1-15(2)38-19-11-21(29)26(22(30)12-19)23-6-5-18-13-33-27(36(18)35-23)34-24-14-32-8-7-20(24)17-9-16(3)28(4,37)25(31)10-17/h5-8,11-17,25,37H,9-10,31H2,1-4H3,(H,33,34)/t16-,17+,25?,28+/m0/s1. The average molecular weight is 523 g/mol. The minimum absolute atomic E-state index is 0.0101. The topological polar surface area (TPSA) is 111 Å². The Hall–Kier alpha value is -3.63. The molecule has 4 atom stereocenters. The Labute approximate surface area is 219 Å². The van der Waals surface area contributed by atoms with Crippen molar-refractivity contribution in [2.75, 3.05) is 5.32 Å². The molecular formula is C28H32F2N6O2. The fraction of sp³-hybridized carbons (Fsp3) is 0.393. The van der Waals surface area contributed by atoms with Crippen LogP contribution in [0, 0.1) is 17.6 Å². The zero-order valence-corrected chi connectivity index (χ0v) is 21.8. The Morgan fingerprint density at radius 2 is 1.89 bits per heavy atom. The van der Waals surface area contributed by atoms with Crippen LogP contribution in [0.5, 0.6) is 5.75 Å². The minimum Gasteiger partial charge on any atom is -0.491 e. The third-order valence-corrected chi connectivity index (χ3v) is 7.49. The van der Waals surface area contributed by atoms with E-state index in [1.54, 1.807) is 51.5 Å². The van der Waals surface area contributed by atoms with Crippen molar-refractivity contribution >= 4 is 17.2 Å². The Morgan fingerprint density at radius 3 is 2.58 bits per heavy atom. The molecule has 0 saturated heterocycles. The molecule has 4 aromatic rings. The molecule has 0 aliphatic heterocycles. The van der Waals surface area contributed by atoms with Crippen LogP contribution in [-0.2, 0) is 0 Å². The van der Waals surface area contributed by atoms with Crippen LogP contribution >= 0.6 is 0 Å². The van der Waals surface area contributed by atoms with Crippen molar-refractivity contribution in [1.82, 2.24) is 19.6 Å². The molecule has 8 nitrogen and oxygen atoms in total. The number of pyridine rings is 1. The normalized spacial score (nSPS) is 23.7. The van der Waals surface area contributed by atoms with E-state index < -0.39 is 17.2 Å². The first kappa shape index (κ1) is 26.0. The molecule has 1 unspecified atom stereocenters.